The van der Waals surface area contributed by atoms with E-state index in [1.54, 1.807) is 18.4 Å². The van der Waals surface area contributed by atoms with Crippen molar-refractivity contribution in [1.82, 2.24) is 4.98 Å². The molecule has 0 N–H and O–H groups in total. The van der Waals surface area contributed by atoms with Gasteiger partial charge in [-0.2, -0.15) is 13.2 Å². The summed E-state index contributed by atoms with van der Waals surface area (Å²) in [5, 5.41) is 1.29. The van der Waals surface area contributed by atoms with Crippen LogP contribution in [-0.2, 0) is 6.18 Å². The number of aromatic nitrogens is 1. The maximum Gasteiger partial charge on any atom is 0.433 e. The molecule has 2 aromatic rings. The average molecular weight is 306 g/mol. The van der Waals surface area contributed by atoms with Crippen LogP contribution in [0.15, 0.2) is 23.6 Å². The van der Waals surface area contributed by atoms with Gasteiger partial charge < -0.3 is 0 Å². The molecular weight excluding hydrogens is 299 g/mol. The van der Waals surface area contributed by atoms with Crippen molar-refractivity contribution in [2.75, 3.05) is 0 Å². The van der Waals surface area contributed by atoms with Gasteiger partial charge in [0.05, 0.1) is 10.4 Å². The summed E-state index contributed by atoms with van der Waals surface area (Å²) in [7, 11) is 0. The molecule has 0 saturated heterocycles. The van der Waals surface area contributed by atoms with E-state index in [1.165, 1.54) is 11.3 Å². The predicted molar refractivity (Wildman–Crippen MR) is 66.7 cm³/mol. The molecular formula is C12H7ClF3NOS. The number of hydrogen-bond donors (Lipinski definition) is 0. The SMILES string of the molecule is Cc1ccsc1C(=O)c1ccc(C(F)(F)F)nc1Cl. The van der Waals surface area contributed by atoms with E-state index >= 15 is 0 Å². The first-order chi connectivity index (χ1) is 8.80. The lowest BCUT2D eigenvalue weighted by atomic mass is 10.1. The van der Waals surface area contributed by atoms with Crippen molar-refractivity contribution in [3.05, 3.63) is 50.4 Å². The number of carbonyl (C=O) groups is 1. The van der Waals surface area contributed by atoms with Gasteiger partial charge in [-0.1, -0.05) is 11.6 Å². The van der Waals surface area contributed by atoms with Crippen molar-refractivity contribution < 1.29 is 18.0 Å². The summed E-state index contributed by atoms with van der Waals surface area (Å²) in [5.74, 6) is -0.418. The molecule has 0 aliphatic rings. The normalized spacial score (nSPS) is 11.6. The fourth-order valence-corrected chi connectivity index (χ4v) is 2.61. The standard InChI is InChI=1S/C12H7ClF3NOS/c1-6-4-5-19-10(6)9(18)7-2-3-8(12(14,15)16)17-11(7)13/h2-5H,1H3. The molecule has 100 valence electrons. The van der Waals surface area contributed by atoms with E-state index < -0.39 is 22.8 Å². The lowest BCUT2D eigenvalue weighted by Gasteiger charge is -2.08. The molecule has 0 radical (unpaired) electrons. The van der Waals surface area contributed by atoms with Crippen LogP contribution in [0.25, 0.3) is 0 Å². The predicted octanol–water partition coefficient (Wildman–Crippen LogP) is 4.35. The maximum atomic E-state index is 12.4. The van der Waals surface area contributed by atoms with Crippen LogP contribution in [0.4, 0.5) is 13.2 Å². The monoisotopic (exact) mass is 305 g/mol. The second-order valence-electron chi connectivity index (χ2n) is 3.79. The zero-order valence-corrected chi connectivity index (χ0v) is 11.2. The lowest BCUT2D eigenvalue weighted by Crippen LogP contribution is -2.10. The van der Waals surface area contributed by atoms with Crippen LogP contribution in [0.3, 0.4) is 0 Å². The summed E-state index contributed by atoms with van der Waals surface area (Å²) in [6.07, 6.45) is -4.58. The van der Waals surface area contributed by atoms with Crippen molar-refractivity contribution >= 4 is 28.7 Å². The molecule has 0 saturated carbocycles. The Morgan fingerprint density at radius 2 is 2.00 bits per heavy atom. The minimum atomic E-state index is -4.58. The van der Waals surface area contributed by atoms with Crippen LogP contribution in [0, 0.1) is 6.92 Å². The number of ketones is 1. The molecule has 0 atom stereocenters. The highest BCUT2D eigenvalue weighted by molar-refractivity contribution is 7.12. The number of pyridine rings is 1. The maximum absolute atomic E-state index is 12.4. The number of alkyl halides is 3. The highest BCUT2D eigenvalue weighted by Crippen LogP contribution is 2.30. The molecule has 2 heterocycles. The fraction of sp³-hybridized carbons (Fsp3) is 0.167. The molecule has 0 aliphatic heterocycles. The highest BCUT2D eigenvalue weighted by Gasteiger charge is 2.33. The second-order valence-corrected chi connectivity index (χ2v) is 5.07. The summed E-state index contributed by atoms with van der Waals surface area (Å²) in [5.41, 5.74) is -0.386. The number of aryl methyl sites for hydroxylation is 1. The molecule has 0 unspecified atom stereocenters. The zero-order valence-electron chi connectivity index (χ0n) is 9.58. The van der Waals surface area contributed by atoms with Crippen molar-refractivity contribution in [2.45, 2.75) is 13.1 Å². The van der Waals surface area contributed by atoms with E-state index in [1.807, 2.05) is 0 Å². The molecule has 2 nitrogen and oxygen atoms in total. The van der Waals surface area contributed by atoms with Gasteiger partial charge in [0.2, 0.25) is 5.78 Å². The quantitative estimate of drug-likeness (QED) is 0.609. The fourth-order valence-electron chi connectivity index (χ4n) is 1.49. The molecule has 0 bridgehead atoms. The number of halogens is 4. The number of nitrogens with zero attached hydrogens (tertiary/aromatic N) is 1. The minimum Gasteiger partial charge on any atom is -0.288 e. The van der Waals surface area contributed by atoms with Gasteiger partial charge in [-0.05, 0) is 36.1 Å². The second kappa shape index (κ2) is 4.94. The Morgan fingerprint density at radius 1 is 1.32 bits per heavy atom. The summed E-state index contributed by atoms with van der Waals surface area (Å²) in [4.78, 5) is 15.8. The van der Waals surface area contributed by atoms with Crippen molar-refractivity contribution in [1.29, 1.82) is 0 Å². The van der Waals surface area contributed by atoms with Gasteiger partial charge in [0.15, 0.2) is 0 Å². The third-order valence-corrected chi connectivity index (χ3v) is 3.76. The molecule has 2 aromatic heterocycles. The average Bonchev–Trinajstić information content (AvgIpc) is 2.73. The Labute approximate surface area is 115 Å². The van der Waals surface area contributed by atoms with E-state index in [0.717, 1.165) is 17.7 Å². The molecule has 2 rings (SSSR count). The third kappa shape index (κ3) is 2.79. The van der Waals surface area contributed by atoms with Gasteiger partial charge in [-0.25, -0.2) is 4.98 Å². The first-order valence-corrected chi connectivity index (χ1v) is 6.39. The Hall–Kier alpha value is -1.40. The van der Waals surface area contributed by atoms with E-state index in [2.05, 4.69) is 4.98 Å². The Morgan fingerprint density at radius 3 is 2.47 bits per heavy atom. The van der Waals surface area contributed by atoms with E-state index in [-0.39, 0.29) is 5.56 Å². The van der Waals surface area contributed by atoms with Gasteiger partial charge in [0, 0.05) is 0 Å². The first-order valence-electron chi connectivity index (χ1n) is 5.13. The van der Waals surface area contributed by atoms with Crippen LogP contribution in [-0.4, -0.2) is 10.8 Å². The zero-order chi connectivity index (χ0) is 14.2. The summed E-state index contributed by atoms with van der Waals surface area (Å²) in [6.45, 7) is 1.75. The molecule has 0 fully saturated rings. The summed E-state index contributed by atoms with van der Waals surface area (Å²) in [6, 6.07) is 3.56. The topological polar surface area (TPSA) is 30.0 Å². The molecule has 0 amide bonds. The van der Waals surface area contributed by atoms with Gasteiger partial charge in [-0.15, -0.1) is 11.3 Å². The van der Waals surface area contributed by atoms with Crippen LogP contribution in [0.1, 0.15) is 26.5 Å². The van der Waals surface area contributed by atoms with E-state index in [0.29, 0.717) is 4.88 Å². The smallest absolute Gasteiger partial charge is 0.288 e. The molecule has 0 spiro atoms. The highest BCUT2D eigenvalue weighted by atomic mass is 35.5. The van der Waals surface area contributed by atoms with Crippen molar-refractivity contribution in [3.63, 3.8) is 0 Å². The van der Waals surface area contributed by atoms with Crippen LogP contribution in [0.5, 0.6) is 0 Å². The van der Waals surface area contributed by atoms with Gasteiger partial charge in [0.1, 0.15) is 10.8 Å². The Balaban J connectivity index is 2.43. The summed E-state index contributed by atoms with van der Waals surface area (Å²) >= 11 is 6.88. The van der Waals surface area contributed by atoms with E-state index in [4.69, 9.17) is 11.6 Å². The number of rotatable bonds is 2. The van der Waals surface area contributed by atoms with Gasteiger partial charge in [0.25, 0.3) is 0 Å². The van der Waals surface area contributed by atoms with Crippen LogP contribution >= 0.6 is 22.9 Å². The lowest BCUT2D eigenvalue weighted by molar-refractivity contribution is -0.141. The van der Waals surface area contributed by atoms with E-state index in [9.17, 15) is 18.0 Å². The first kappa shape index (κ1) is 14.0. The van der Waals surface area contributed by atoms with Gasteiger partial charge >= 0.3 is 6.18 Å². The van der Waals surface area contributed by atoms with Crippen molar-refractivity contribution in [3.8, 4) is 0 Å². The number of hydrogen-bond acceptors (Lipinski definition) is 3. The van der Waals surface area contributed by atoms with Crippen LogP contribution in [0.2, 0.25) is 5.15 Å². The summed E-state index contributed by atoms with van der Waals surface area (Å²) < 4.78 is 37.3. The molecule has 19 heavy (non-hydrogen) atoms. The Kier molecular flexibility index (Phi) is 3.64. The number of carbonyl (C=O) groups excluding carboxylic acids is 1. The number of thiophene rings is 1. The molecule has 0 aromatic carbocycles. The van der Waals surface area contributed by atoms with Crippen LogP contribution < -0.4 is 0 Å². The van der Waals surface area contributed by atoms with Gasteiger partial charge in [-0.3, -0.25) is 4.79 Å². The largest absolute Gasteiger partial charge is 0.433 e. The molecule has 7 heteroatoms. The minimum absolute atomic E-state index is 0.0276. The van der Waals surface area contributed by atoms with Crippen molar-refractivity contribution in [2.24, 2.45) is 0 Å². The third-order valence-electron chi connectivity index (χ3n) is 2.45. The molecule has 0 aliphatic carbocycles. The Bertz CT molecular complexity index is 636.